The molecule has 0 aliphatic heterocycles. The summed E-state index contributed by atoms with van der Waals surface area (Å²) in [4.78, 5) is 2.04. The standard InChI is InChI=1S/C10H14NO2/c1-11(2)6-5-8-3-4-9(12)10(13)7-8/h3-4,7,12H,5-6H2,1-2H3/p-1. The summed E-state index contributed by atoms with van der Waals surface area (Å²) < 4.78 is 0. The van der Waals surface area contributed by atoms with Crippen LogP contribution in [0.3, 0.4) is 0 Å². The second-order valence-electron chi connectivity index (χ2n) is 3.33. The zero-order chi connectivity index (χ0) is 9.84. The van der Waals surface area contributed by atoms with E-state index in [4.69, 9.17) is 0 Å². The normalized spacial score (nSPS) is 10.7. The minimum Gasteiger partial charge on any atom is -0.870 e. The maximum Gasteiger partial charge on any atom is 0.171 e. The molecule has 0 saturated carbocycles. The summed E-state index contributed by atoms with van der Waals surface area (Å²) in [6, 6.07) is 4.48. The summed E-state index contributed by atoms with van der Waals surface area (Å²) >= 11 is 0. The van der Waals surface area contributed by atoms with Crippen LogP contribution < -0.4 is 5.11 Å². The van der Waals surface area contributed by atoms with Crippen LogP contribution in [0, 0.1) is 0 Å². The van der Waals surface area contributed by atoms with Crippen molar-refractivity contribution in [2.75, 3.05) is 20.6 Å². The zero-order valence-electron chi connectivity index (χ0n) is 7.91. The highest BCUT2D eigenvalue weighted by molar-refractivity contribution is 5.39. The molecule has 0 heterocycles. The molecule has 1 aromatic rings. The predicted molar refractivity (Wildman–Crippen MR) is 48.3 cm³/mol. The fraction of sp³-hybridized carbons (Fsp3) is 0.400. The van der Waals surface area contributed by atoms with Crippen molar-refractivity contribution in [1.82, 2.24) is 4.90 Å². The lowest BCUT2D eigenvalue weighted by atomic mass is 10.1. The number of rotatable bonds is 3. The molecule has 0 fully saturated rings. The van der Waals surface area contributed by atoms with Crippen LogP contribution >= 0.6 is 0 Å². The van der Waals surface area contributed by atoms with Crippen LogP contribution in [-0.2, 0) is 11.5 Å². The van der Waals surface area contributed by atoms with Gasteiger partial charge < -0.3 is 10.0 Å². The molecule has 3 heteroatoms. The fourth-order valence-electron chi connectivity index (χ4n) is 1.06. The Balaban J connectivity index is 2.63. The monoisotopic (exact) mass is 179 g/mol. The van der Waals surface area contributed by atoms with Gasteiger partial charge in [-0.05, 0) is 32.1 Å². The minimum absolute atomic E-state index is 0.406. The van der Waals surface area contributed by atoms with Crippen LogP contribution in [0.4, 0.5) is 0 Å². The molecule has 0 atom stereocenters. The highest BCUT2D eigenvalue weighted by atomic mass is 16.3. The van der Waals surface area contributed by atoms with Crippen molar-refractivity contribution in [3.8, 4) is 11.5 Å². The third kappa shape index (κ3) is 2.95. The molecule has 71 valence electrons. The summed E-state index contributed by atoms with van der Waals surface area (Å²) in [5, 5.41) is 21.7. The van der Waals surface area contributed by atoms with Crippen molar-refractivity contribution in [3.63, 3.8) is 0 Å². The molecule has 0 aliphatic carbocycles. The van der Waals surface area contributed by atoms with E-state index in [9.17, 15) is 10.2 Å². The molecule has 0 saturated heterocycles. The average molecular weight is 179 g/mol. The third-order valence-electron chi connectivity index (χ3n) is 1.86. The molecule has 0 bridgehead atoms. The van der Waals surface area contributed by atoms with E-state index in [1.165, 1.54) is 12.1 Å². The number of likely N-dealkylation sites (N-methyl/N-ethyl adjacent to an activating group) is 1. The van der Waals surface area contributed by atoms with Gasteiger partial charge in [0.2, 0.25) is 0 Å². The van der Waals surface area contributed by atoms with E-state index in [0.717, 1.165) is 18.5 Å². The first-order valence-corrected chi connectivity index (χ1v) is 4.21. The summed E-state index contributed by atoms with van der Waals surface area (Å²) in [6.45, 7) is 0.887. The molecule has 0 amide bonds. The fourth-order valence-corrected chi connectivity index (χ4v) is 1.06. The average Bonchev–Trinajstić information content (AvgIpc) is 2.07. The lowest BCUT2D eigenvalue weighted by molar-refractivity contribution is -0.270. The van der Waals surface area contributed by atoms with E-state index in [-0.39, 0.29) is 0 Å². The summed E-state index contributed by atoms with van der Waals surface area (Å²) in [5.41, 5.74) is 0.929. The van der Waals surface area contributed by atoms with Gasteiger partial charge in [0.25, 0.3) is 0 Å². The van der Waals surface area contributed by atoms with Gasteiger partial charge in [0.1, 0.15) is 0 Å². The van der Waals surface area contributed by atoms with E-state index >= 15 is 0 Å². The molecule has 0 spiro atoms. The number of benzene rings is 1. The molecule has 3 nitrogen and oxygen atoms in total. The number of hydrogen-bond acceptors (Lipinski definition) is 2. The van der Waals surface area contributed by atoms with Crippen molar-refractivity contribution < 1.29 is 10.2 Å². The van der Waals surface area contributed by atoms with Gasteiger partial charge in [-0.15, -0.1) is 0 Å². The number of hydrogen-bond donors (Lipinski definition) is 0. The van der Waals surface area contributed by atoms with Crippen molar-refractivity contribution in [2.45, 2.75) is 6.42 Å². The van der Waals surface area contributed by atoms with Crippen LogP contribution in [-0.4, -0.2) is 25.5 Å². The quantitative estimate of drug-likeness (QED) is 0.695. The lowest BCUT2D eigenvalue weighted by Crippen LogP contribution is -2.14. The molecule has 0 N–H and O–H groups in total. The molecule has 0 aromatic heterocycles. The van der Waals surface area contributed by atoms with Crippen molar-refractivity contribution in [2.24, 2.45) is 0 Å². The first kappa shape index (κ1) is 9.86. The van der Waals surface area contributed by atoms with Crippen LogP contribution in [0.1, 0.15) is 5.56 Å². The van der Waals surface area contributed by atoms with Gasteiger partial charge in [-0.1, -0.05) is 17.9 Å². The van der Waals surface area contributed by atoms with E-state index < -0.39 is 11.5 Å². The predicted octanol–water partition coefficient (Wildman–Crippen LogP) is 1.01. The zero-order valence-corrected chi connectivity index (χ0v) is 7.91. The van der Waals surface area contributed by atoms with Crippen molar-refractivity contribution >= 4 is 0 Å². The number of nitrogens with zero attached hydrogens (tertiary/aromatic N) is 1. The van der Waals surface area contributed by atoms with Gasteiger partial charge in [-0.3, -0.25) is 5.11 Å². The Morgan fingerprint density at radius 2 is 2.08 bits per heavy atom. The smallest absolute Gasteiger partial charge is 0.171 e. The molecule has 0 unspecified atom stereocenters. The van der Waals surface area contributed by atoms with Crippen LogP contribution in [0.15, 0.2) is 18.2 Å². The molecule has 1 rings (SSSR count). The second-order valence-corrected chi connectivity index (χ2v) is 3.33. The first-order valence-electron chi connectivity index (χ1n) is 4.21. The second kappa shape index (κ2) is 4.14. The highest BCUT2D eigenvalue weighted by Crippen LogP contribution is 2.23. The van der Waals surface area contributed by atoms with Gasteiger partial charge in [0.15, 0.2) is 5.75 Å². The summed E-state index contributed by atoms with van der Waals surface area (Å²) in [7, 11) is 3.94. The summed E-state index contributed by atoms with van der Waals surface area (Å²) in [6.07, 6.45) is 0.808. The highest BCUT2D eigenvalue weighted by Gasteiger charge is 1.98. The first-order chi connectivity index (χ1) is 6.09. The molecular weight excluding hydrogens is 166 g/mol. The van der Waals surface area contributed by atoms with E-state index in [1.807, 2.05) is 19.0 Å². The Bertz CT molecular complexity index is 284. The Kier molecular flexibility index (Phi) is 3.14. The lowest BCUT2D eigenvalue weighted by Gasteiger charge is -2.11. The molecule has 0 aliphatic rings. The maximum atomic E-state index is 11.0. The Morgan fingerprint density at radius 3 is 2.62 bits per heavy atom. The van der Waals surface area contributed by atoms with Crippen LogP contribution in [0.25, 0.3) is 0 Å². The summed E-state index contributed by atoms with van der Waals surface area (Å²) in [5.74, 6) is -0.829. The van der Waals surface area contributed by atoms with Gasteiger partial charge in [-0.25, -0.2) is 0 Å². The van der Waals surface area contributed by atoms with Gasteiger partial charge in [0, 0.05) is 6.54 Å². The molecule has 1 radical (unpaired) electrons. The van der Waals surface area contributed by atoms with Crippen molar-refractivity contribution in [1.29, 1.82) is 0 Å². The molecule has 1 aromatic carbocycles. The molecule has 13 heavy (non-hydrogen) atoms. The van der Waals surface area contributed by atoms with Gasteiger partial charge >= 0.3 is 0 Å². The third-order valence-corrected chi connectivity index (χ3v) is 1.86. The Morgan fingerprint density at radius 1 is 1.38 bits per heavy atom. The van der Waals surface area contributed by atoms with Gasteiger partial charge in [0.05, 0.1) is 0 Å². The largest absolute Gasteiger partial charge is 0.870 e. The minimum atomic E-state index is -0.423. The topological polar surface area (TPSA) is 46.2 Å². The van der Waals surface area contributed by atoms with Crippen LogP contribution in [0.2, 0.25) is 0 Å². The SMILES string of the molecule is CN(C)CCc1ccc([O-])c([O])c1. The Hall–Kier alpha value is -1.22. The van der Waals surface area contributed by atoms with Crippen LogP contribution in [0.5, 0.6) is 11.5 Å². The molecular formula is C10H13NO2-. The van der Waals surface area contributed by atoms with Crippen molar-refractivity contribution in [3.05, 3.63) is 23.8 Å². The van der Waals surface area contributed by atoms with E-state index in [0.29, 0.717) is 0 Å². The van der Waals surface area contributed by atoms with E-state index in [2.05, 4.69) is 0 Å². The maximum absolute atomic E-state index is 11.0. The Labute approximate surface area is 78.2 Å². The van der Waals surface area contributed by atoms with Gasteiger partial charge in [-0.2, -0.15) is 0 Å². The van der Waals surface area contributed by atoms with E-state index in [1.54, 1.807) is 6.07 Å².